The number of thioether (sulfide) groups is 1. The van der Waals surface area contributed by atoms with Gasteiger partial charge in [0.1, 0.15) is 5.82 Å². The van der Waals surface area contributed by atoms with Crippen molar-refractivity contribution in [3.8, 4) is 0 Å². The maximum absolute atomic E-state index is 12.4. The van der Waals surface area contributed by atoms with Crippen LogP contribution in [0, 0.1) is 5.92 Å². The number of para-hydroxylation sites is 1. The van der Waals surface area contributed by atoms with Crippen LogP contribution in [0.3, 0.4) is 0 Å². The van der Waals surface area contributed by atoms with Crippen molar-refractivity contribution in [2.45, 2.75) is 50.2 Å². The highest BCUT2D eigenvalue weighted by Crippen LogP contribution is 2.28. The first kappa shape index (κ1) is 21.1. The van der Waals surface area contributed by atoms with E-state index in [0.717, 1.165) is 12.2 Å². The van der Waals surface area contributed by atoms with Gasteiger partial charge in [-0.3, -0.25) is 9.59 Å². The lowest BCUT2D eigenvalue weighted by molar-refractivity contribution is -0.113. The lowest BCUT2D eigenvalue weighted by atomic mass is 9.87. The smallest absolute Gasteiger partial charge is 0.250 e. The van der Waals surface area contributed by atoms with Gasteiger partial charge in [0.25, 0.3) is 5.91 Å². The molecule has 3 N–H and O–H groups in total. The average Bonchev–Trinajstić information content (AvgIpc) is 3.09. The Kier molecular flexibility index (Phi) is 7.46. The van der Waals surface area contributed by atoms with E-state index in [2.05, 4.69) is 22.1 Å². The van der Waals surface area contributed by atoms with Crippen LogP contribution in [-0.4, -0.2) is 32.3 Å². The minimum Gasteiger partial charge on any atom is -0.366 e. The first-order valence-electron chi connectivity index (χ1n) is 9.93. The SMILES string of the molecule is C=CCn1c(CC2CCCCC2)nnc1SCC(=O)Nc1ccccc1C(N)=O. The molecule has 1 aromatic carbocycles. The number of rotatable bonds is 9. The van der Waals surface area contributed by atoms with Gasteiger partial charge in [-0.05, 0) is 18.1 Å². The zero-order valence-electron chi connectivity index (χ0n) is 16.5. The second-order valence-corrected chi connectivity index (χ2v) is 8.20. The molecule has 3 rings (SSSR count). The summed E-state index contributed by atoms with van der Waals surface area (Å²) in [7, 11) is 0. The molecule has 1 aliphatic carbocycles. The molecule has 0 spiro atoms. The summed E-state index contributed by atoms with van der Waals surface area (Å²) in [6.07, 6.45) is 9.12. The molecule has 0 unspecified atom stereocenters. The van der Waals surface area contributed by atoms with Gasteiger partial charge in [-0.15, -0.1) is 16.8 Å². The van der Waals surface area contributed by atoms with E-state index in [0.29, 0.717) is 23.3 Å². The Hall–Kier alpha value is -2.61. The summed E-state index contributed by atoms with van der Waals surface area (Å²) in [4.78, 5) is 23.9. The van der Waals surface area contributed by atoms with Crippen LogP contribution in [0.4, 0.5) is 5.69 Å². The van der Waals surface area contributed by atoms with Crippen LogP contribution < -0.4 is 11.1 Å². The molecule has 2 amide bonds. The fourth-order valence-corrected chi connectivity index (χ4v) is 4.43. The normalized spacial score (nSPS) is 14.5. The van der Waals surface area contributed by atoms with Gasteiger partial charge < -0.3 is 15.6 Å². The van der Waals surface area contributed by atoms with E-state index in [-0.39, 0.29) is 17.2 Å². The zero-order valence-corrected chi connectivity index (χ0v) is 17.3. The van der Waals surface area contributed by atoms with E-state index in [4.69, 9.17) is 5.73 Å². The average molecular weight is 414 g/mol. The van der Waals surface area contributed by atoms with Crippen molar-refractivity contribution in [3.05, 3.63) is 48.3 Å². The highest BCUT2D eigenvalue weighted by atomic mass is 32.2. The van der Waals surface area contributed by atoms with Gasteiger partial charge in [0.2, 0.25) is 5.91 Å². The quantitative estimate of drug-likeness (QED) is 0.484. The molecule has 29 heavy (non-hydrogen) atoms. The molecule has 0 radical (unpaired) electrons. The summed E-state index contributed by atoms with van der Waals surface area (Å²) in [5.41, 5.74) is 6.06. The van der Waals surface area contributed by atoms with E-state index in [1.807, 2.05) is 10.6 Å². The summed E-state index contributed by atoms with van der Waals surface area (Å²) in [5, 5.41) is 12.1. The summed E-state index contributed by atoms with van der Waals surface area (Å²) >= 11 is 1.32. The van der Waals surface area contributed by atoms with Gasteiger partial charge in [0.15, 0.2) is 5.16 Å². The van der Waals surface area contributed by atoms with Crippen molar-refractivity contribution in [3.63, 3.8) is 0 Å². The molecular weight excluding hydrogens is 386 g/mol. The van der Waals surface area contributed by atoms with E-state index in [1.54, 1.807) is 24.3 Å². The first-order valence-corrected chi connectivity index (χ1v) is 10.9. The molecule has 1 aliphatic rings. The Bertz CT molecular complexity index is 874. The topological polar surface area (TPSA) is 103 Å². The number of carbonyl (C=O) groups is 2. The number of nitrogens with zero attached hydrogens (tertiary/aromatic N) is 3. The van der Waals surface area contributed by atoms with Crippen LogP contribution in [0.1, 0.15) is 48.3 Å². The predicted molar refractivity (Wildman–Crippen MR) is 115 cm³/mol. The molecule has 0 aliphatic heterocycles. The Morgan fingerprint density at radius 1 is 1.24 bits per heavy atom. The monoisotopic (exact) mass is 413 g/mol. The second-order valence-electron chi connectivity index (χ2n) is 7.25. The van der Waals surface area contributed by atoms with Gasteiger partial charge in [0, 0.05) is 13.0 Å². The number of anilines is 1. The molecule has 154 valence electrons. The lowest BCUT2D eigenvalue weighted by Crippen LogP contribution is -2.19. The number of hydrogen-bond acceptors (Lipinski definition) is 5. The molecule has 8 heteroatoms. The largest absolute Gasteiger partial charge is 0.366 e. The summed E-state index contributed by atoms with van der Waals surface area (Å²) in [6.45, 7) is 4.45. The van der Waals surface area contributed by atoms with Crippen LogP contribution in [0.25, 0.3) is 0 Å². The van der Waals surface area contributed by atoms with Gasteiger partial charge in [-0.1, -0.05) is 62.1 Å². The zero-order chi connectivity index (χ0) is 20.6. The summed E-state index contributed by atoms with van der Waals surface area (Å²) in [5.74, 6) is 0.963. The first-order chi connectivity index (χ1) is 14.1. The van der Waals surface area contributed by atoms with Crippen LogP contribution in [0.2, 0.25) is 0 Å². The Morgan fingerprint density at radius 2 is 2.00 bits per heavy atom. The number of amides is 2. The molecule has 0 bridgehead atoms. The maximum Gasteiger partial charge on any atom is 0.250 e. The number of allylic oxidation sites excluding steroid dienone is 1. The minimum absolute atomic E-state index is 0.159. The van der Waals surface area contributed by atoms with Crippen LogP contribution in [-0.2, 0) is 17.8 Å². The van der Waals surface area contributed by atoms with Crippen molar-refractivity contribution in [1.82, 2.24) is 14.8 Å². The molecule has 0 atom stereocenters. The van der Waals surface area contributed by atoms with E-state index in [1.165, 1.54) is 43.9 Å². The Labute approximate surface area is 175 Å². The van der Waals surface area contributed by atoms with Gasteiger partial charge in [0.05, 0.1) is 17.0 Å². The van der Waals surface area contributed by atoms with E-state index in [9.17, 15) is 9.59 Å². The number of nitrogens with one attached hydrogen (secondary N) is 1. The molecule has 0 saturated heterocycles. The fraction of sp³-hybridized carbons (Fsp3) is 0.429. The molecule has 1 heterocycles. The Balaban J connectivity index is 1.63. The summed E-state index contributed by atoms with van der Waals surface area (Å²) < 4.78 is 2.04. The number of hydrogen-bond donors (Lipinski definition) is 2. The number of benzene rings is 1. The minimum atomic E-state index is -0.577. The fourth-order valence-electron chi connectivity index (χ4n) is 3.66. The van der Waals surface area contributed by atoms with E-state index < -0.39 is 5.91 Å². The maximum atomic E-state index is 12.4. The van der Waals surface area contributed by atoms with E-state index >= 15 is 0 Å². The predicted octanol–water partition coefficient (Wildman–Crippen LogP) is 3.42. The third-order valence-electron chi connectivity index (χ3n) is 5.10. The van der Waals surface area contributed by atoms with Gasteiger partial charge in [-0.25, -0.2) is 0 Å². The molecule has 2 aromatic rings. The highest BCUT2D eigenvalue weighted by Gasteiger charge is 2.20. The third kappa shape index (κ3) is 5.69. The van der Waals surface area contributed by atoms with Crippen molar-refractivity contribution >= 4 is 29.3 Å². The second kappa shape index (κ2) is 10.2. The highest BCUT2D eigenvalue weighted by molar-refractivity contribution is 7.99. The van der Waals surface area contributed by atoms with Crippen molar-refractivity contribution in [1.29, 1.82) is 0 Å². The van der Waals surface area contributed by atoms with Crippen molar-refractivity contribution < 1.29 is 9.59 Å². The molecule has 1 fully saturated rings. The van der Waals surface area contributed by atoms with Crippen LogP contribution in [0.15, 0.2) is 42.1 Å². The van der Waals surface area contributed by atoms with Crippen LogP contribution in [0.5, 0.6) is 0 Å². The van der Waals surface area contributed by atoms with Crippen LogP contribution >= 0.6 is 11.8 Å². The van der Waals surface area contributed by atoms with Crippen molar-refractivity contribution in [2.75, 3.05) is 11.1 Å². The third-order valence-corrected chi connectivity index (χ3v) is 6.07. The number of primary amides is 1. The summed E-state index contributed by atoms with van der Waals surface area (Å²) in [6, 6.07) is 6.69. The standard InChI is InChI=1S/C21H27N5O2S/c1-2-12-26-18(13-15-8-4-3-5-9-15)24-25-21(26)29-14-19(27)23-17-11-7-6-10-16(17)20(22)28/h2,6-7,10-11,15H,1,3-5,8-9,12-14H2,(H2,22,28)(H,23,27). The van der Waals surface area contributed by atoms with Gasteiger partial charge >= 0.3 is 0 Å². The van der Waals surface area contributed by atoms with Gasteiger partial charge in [-0.2, -0.15) is 0 Å². The van der Waals surface area contributed by atoms with Crippen molar-refractivity contribution in [2.24, 2.45) is 11.7 Å². The number of aromatic nitrogens is 3. The molecule has 7 nitrogen and oxygen atoms in total. The molecule has 1 aromatic heterocycles. The lowest BCUT2D eigenvalue weighted by Gasteiger charge is -2.21. The number of carbonyl (C=O) groups excluding carboxylic acids is 2. The molecular formula is C21H27N5O2S. The Morgan fingerprint density at radius 3 is 2.72 bits per heavy atom. The number of nitrogens with two attached hydrogens (primary N) is 1. The molecule has 1 saturated carbocycles.